The maximum Gasteiger partial charge on any atom is 0.333 e. The fourth-order valence-electron chi connectivity index (χ4n) is 0.963. The zero-order valence-electron chi connectivity index (χ0n) is 9.82. The van der Waals surface area contributed by atoms with Crippen molar-refractivity contribution in [3.63, 3.8) is 0 Å². The highest BCUT2D eigenvalue weighted by Crippen LogP contribution is 2.05. The van der Waals surface area contributed by atoms with Gasteiger partial charge in [-0.1, -0.05) is 12.7 Å². The van der Waals surface area contributed by atoms with Crippen molar-refractivity contribution in [2.75, 3.05) is 13.2 Å². The van der Waals surface area contributed by atoms with Gasteiger partial charge in [0.15, 0.2) is 0 Å². The molecule has 0 fully saturated rings. The third-order valence-corrected chi connectivity index (χ3v) is 1.72. The number of esters is 2. The van der Waals surface area contributed by atoms with Crippen LogP contribution in [0.4, 0.5) is 0 Å². The molecule has 0 spiro atoms. The highest BCUT2D eigenvalue weighted by atomic mass is 16.5. The number of carbonyl (C=O) groups excluding carboxylic acids is 2. The fourth-order valence-corrected chi connectivity index (χ4v) is 0.963. The quantitative estimate of drug-likeness (QED) is 0.492. The van der Waals surface area contributed by atoms with Crippen molar-refractivity contribution in [1.82, 2.24) is 0 Å². The van der Waals surface area contributed by atoms with E-state index in [1.54, 1.807) is 19.9 Å². The van der Waals surface area contributed by atoms with Crippen molar-refractivity contribution >= 4 is 11.9 Å². The maximum atomic E-state index is 11.1. The first kappa shape index (κ1) is 14.4. The molecule has 0 heterocycles. The SMILES string of the molecule is C=C(CC/C=C/C(=O)OCC)C(=O)OCC. The van der Waals surface area contributed by atoms with Crippen molar-refractivity contribution in [2.24, 2.45) is 0 Å². The molecule has 90 valence electrons. The molecule has 0 aliphatic carbocycles. The molecule has 0 amide bonds. The Labute approximate surface area is 95.9 Å². The van der Waals surface area contributed by atoms with E-state index in [-0.39, 0.29) is 11.9 Å². The van der Waals surface area contributed by atoms with Gasteiger partial charge in [-0.3, -0.25) is 0 Å². The first-order valence-corrected chi connectivity index (χ1v) is 5.30. The molecule has 0 rings (SSSR count). The van der Waals surface area contributed by atoms with Crippen LogP contribution in [0.25, 0.3) is 0 Å². The number of hydrogen-bond acceptors (Lipinski definition) is 4. The summed E-state index contributed by atoms with van der Waals surface area (Å²) in [6.07, 6.45) is 4.05. The molecule has 0 aromatic carbocycles. The van der Waals surface area contributed by atoms with Crippen molar-refractivity contribution < 1.29 is 19.1 Å². The van der Waals surface area contributed by atoms with Crippen LogP contribution in [0.2, 0.25) is 0 Å². The summed E-state index contributed by atoms with van der Waals surface area (Å²) in [6, 6.07) is 0. The molecule has 0 aromatic heterocycles. The van der Waals surface area contributed by atoms with E-state index < -0.39 is 0 Å². The van der Waals surface area contributed by atoms with Crippen LogP contribution in [0.3, 0.4) is 0 Å². The highest BCUT2D eigenvalue weighted by Gasteiger charge is 2.05. The van der Waals surface area contributed by atoms with Gasteiger partial charge in [0, 0.05) is 11.6 Å². The average molecular weight is 226 g/mol. The van der Waals surface area contributed by atoms with E-state index in [1.807, 2.05) is 0 Å². The summed E-state index contributed by atoms with van der Waals surface area (Å²) < 4.78 is 9.46. The molecule has 0 aliphatic heterocycles. The van der Waals surface area contributed by atoms with E-state index in [0.717, 1.165) is 0 Å². The van der Waals surface area contributed by atoms with Crippen LogP contribution in [0, 0.1) is 0 Å². The lowest BCUT2D eigenvalue weighted by Gasteiger charge is -2.02. The van der Waals surface area contributed by atoms with E-state index in [2.05, 4.69) is 6.58 Å². The topological polar surface area (TPSA) is 52.6 Å². The van der Waals surface area contributed by atoms with E-state index >= 15 is 0 Å². The molecule has 0 atom stereocenters. The van der Waals surface area contributed by atoms with Gasteiger partial charge in [0.2, 0.25) is 0 Å². The minimum Gasteiger partial charge on any atom is -0.463 e. The van der Waals surface area contributed by atoms with Crippen LogP contribution in [0.5, 0.6) is 0 Å². The summed E-state index contributed by atoms with van der Waals surface area (Å²) in [5.41, 5.74) is 0.412. The molecular weight excluding hydrogens is 208 g/mol. The van der Waals surface area contributed by atoms with Gasteiger partial charge in [-0.2, -0.15) is 0 Å². The molecule has 0 saturated heterocycles. The Balaban J connectivity index is 3.77. The molecule has 4 nitrogen and oxygen atoms in total. The molecule has 4 heteroatoms. The van der Waals surface area contributed by atoms with E-state index in [0.29, 0.717) is 31.6 Å². The third-order valence-electron chi connectivity index (χ3n) is 1.72. The smallest absolute Gasteiger partial charge is 0.333 e. The van der Waals surface area contributed by atoms with Crippen molar-refractivity contribution in [3.05, 3.63) is 24.3 Å². The number of rotatable bonds is 7. The van der Waals surface area contributed by atoms with Gasteiger partial charge in [0.05, 0.1) is 13.2 Å². The summed E-state index contributed by atoms with van der Waals surface area (Å²) in [5, 5.41) is 0. The second-order valence-electron chi connectivity index (χ2n) is 3.02. The van der Waals surface area contributed by atoms with Gasteiger partial charge in [0.25, 0.3) is 0 Å². The van der Waals surface area contributed by atoms with Crippen molar-refractivity contribution in [2.45, 2.75) is 26.7 Å². The average Bonchev–Trinajstić information content (AvgIpc) is 2.24. The lowest BCUT2D eigenvalue weighted by atomic mass is 10.1. The summed E-state index contributed by atoms with van der Waals surface area (Å²) in [4.78, 5) is 22.0. The normalized spacial score (nSPS) is 10.1. The van der Waals surface area contributed by atoms with Crippen molar-refractivity contribution in [1.29, 1.82) is 0 Å². The van der Waals surface area contributed by atoms with Crippen molar-refractivity contribution in [3.8, 4) is 0 Å². The monoisotopic (exact) mass is 226 g/mol. The Hall–Kier alpha value is -1.58. The molecule has 0 N–H and O–H groups in total. The van der Waals surface area contributed by atoms with Crippen LogP contribution >= 0.6 is 0 Å². The molecule has 0 aliphatic rings. The molecule has 0 unspecified atom stereocenters. The summed E-state index contributed by atoms with van der Waals surface area (Å²) in [5.74, 6) is -0.753. The number of allylic oxidation sites excluding steroid dienone is 1. The van der Waals surface area contributed by atoms with Gasteiger partial charge >= 0.3 is 11.9 Å². The maximum absolute atomic E-state index is 11.1. The van der Waals surface area contributed by atoms with Gasteiger partial charge in [-0.15, -0.1) is 0 Å². The fraction of sp³-hybridized carbons (Fsp3) is 0.500. The van der Waals surface area contributed by atoms with E-state index in [9.17, 15) is 9.59 Å². The summed E-state index contributed by atoms with van der Waals surface area (Å²) >= 11 is 0. The number of carbonyl (C=O) groups is 2. The molecule has 0 aromatic rings. The Bertz CT molecular complexity index is 279. The van der Waals surface area contributed by atoms with Gasteiger partial charge < -0.3 is 9.47 Å². The Morgan fingerprint density at radius 1 is 1.19 bits per heavy atom. The largest absolute Gasteiger partial charge is 0.463 e. The van der Waals surface area contributed by atoms with E-state index in [4.69, 9.17) is 9.47 Å². The van der Waals surface area contributed by atoms with Gasteiger partial charge in [-0.25, -0.2) is 9.59 Å². The summed E-state index contributed by atoms with van der Waals surface area (Å²) in [6.45, 7) is 7.79. The summed E-state index contributed by atoms with van der Waals surface area (Å²) in [7, 11) is 0. The highest BCUT2D eigenvalue weighted by molar-refractivity contribution is 5.87. The Morgan fingerprint density at radius 3 is 2.38 bits per heavy atom. The lowest BCUT2D eigenvalue weighted by Crippen LogP contribution is -2.06. The first-order chi connectivity index (χ1) is 7.61. The Kier molecular flexibility index (Phi) is 7.85. The second-order valence-corrected chi connectivity index (χ2v) is 3.02. The van der Waals surface area contributed by atoms with Crippen LogP contribution in [0.15, 0.2) is 24.3 Å². The lowest BCUT2D eigenvalue weighted by molar-refractivity contribution is -0.139. The predicted molar refractivity (Wildman–Crippen MR) is 60.8 cm³/mol. The Morgan fingerprint density at radius 2 is 1.81 bits per heavy atom. The van der Waals surface area contributed by atoms with Crippen LogP contribution < -0.4 is 0 Å². The zero-order chi connectivity index (χ0) is 12.4. The number of hydrogen-bond donors (Lipinski definition) is 0. The van der Waals surface area contributed by atoms with Gasteiger partial charge in [-0.05, 0) is 26.7 Å². The molecule has 0 bridgehead atoms. The molecule has 0 saturated carbocycles. The molecular formula is C12H18O4. The van der Waals surface area contributed by atoms with Crippen LogP contribution in [0.1, 0.15) is 26.7 Å². The second kappa shape index (κ2) is 8.71. The van der Waals surface area contributed by atoms with Crippen LogP contribution in [-0.4, -0.2) is 25.2 Å². The van der Waals surface area contributed by atoms with Gasteiger partial charge in [0.1, 0.15) is 0 Å². The first-order valence-electron chi connectivity index (χ1n) is 5.30. The third kappa shape index (κ3) is 6.81. The standard InChI is InChI=1S/C12H18O4/c1-4-15-11(13)9-7-6-8-10(3)12(14)16-5-2/h7,9H,3-6,8H2,1-2H3/b9-7+. The molecule has 0 radical (unpaired) electrons. The zero-order valence-corrected chi connectivity index (χ0v) is 9.82. The number of ether oxygens (including phenoxy) is 2. The molecule has 16 heavy (non-hydrogen) atoms. The van der Waals surface area contributed by atoms with E-state index in [1.165, 1.54) is 6.08 Å². The minimum atomic E-state index is -0.382. The van der Waals surface area contributed by atoms with Crippen LogP contribution in [-0.2, 0) is 19.1 Å². The minimum absolute atomic E-state index is 0.344. The predicted octanol–water partition coefficient (Wildman–Crippen LogP) is 2.01.